The summed E-state index contributed by atoms with van der Waals surface area (Å²) in [6.07, 6.45) is 2.04. The molecule has 140 valence electrons. The molecule has 0 fully saturated rings. The zero-order valence-electron chi connectivity index (χ0n) is 14.0. The van der Waals surface area contributed by atoms with E-state index in [1.807, 2.05) is 0 Å². The molecule has 1 aromatic carbocycles. The molecule has 4 N–H and O–H groups in total. The van der Waals surface area contributed by atoms with Crippen molar-refractivity contribution in [1.82, 2.24) is 15.0 Å². The van der Waals surface area contributed by atoms with E-state index in [1.54, 1.807) is 0 Å². The van der Waals surface area contributed by atoms with Crippen molar-refractivity contribution in [2.75, 3.05) is 12.3 Å². The molecule has 0 radical (unpaired) electrons. The second kappa shape index (κ2) is 9.60. The normalized spacial score (nSPS) is 10.6. The van der Waals surface area contributed by atoms with Gasteiger partial charge in [0, 0.05) is 17.9 Å². The number of aliphatic hydroxyl groups is 1. The maximum absolute atomic E-state index is 13.5. The third kappa shape index (κ3) is 5.23. The van der Waals surface area contributed by atoms with Gasteiger partial charge in [-0.25, -0.2) is 18.7 Å². The van der Waals surface area contributed by atoms with Crippen LogP contribution in [0.1, 0.15) is 25.3 Å². The lowest BCUT2D eigenvalue weighted by Gasteiger charge is -2.04. The average Bonchev–Trinajstić information content (AvgIpc) is 2.98. The Balaban J connectivity index is 0.000000431. The molecule has 26 heavy (non-hydrogen) atoms. The van der Waals surface area contributed by atoms with Gasteiger partial charge in [0.15, 0.2) is 22.4 Å². The third-order valence-electron chi connectivity index (χ3n) is 3.19. The van der Waals surface area contributed by atoms with Crippen molar-refractivity contribution in [3.05, 3.63) is 45.1 Å². The molecule has 6 nitrogen and oxygen atoms in total. The van der Waals surface area contributed by atoms with Crippen molar-refractivity contribution in [3.63, 3.8) is 0 Å². The molecule has 0 aliphatic heterocycles. The van der Waals surface area contributed by atoms with Gasteiger partial charge < -0.3 is 10.8 Å². The van der Waals surface area contributed by atoms with Crippen LogP contribution in [0.3, 0.4) is 0 Å². The van der Waals surface area contributed by atoms with Crippen LogP contribution in [0.15, 0.2) is 28.2 Å². The summed E-state index contributed by atoms with van der Waals surface area (Å²) in [5.74, 6) is -1.44. The number of hydrogen-bond acceptors (Lipinski definition) is 7. The molecule has 0 unspecified atom stereocenters. The molecule has 0 saturated heterocycles. The van der Waals surface area contributed by atoms with Gasteiger partial charge >= 0.3 is 4.87 Å². The fourth-order valence-corrected chi connectivity index (χ4v) is 3.37. The lowest BCUT2D eigenvalue weighted by atomic mass is 10.2. The number of hydrogen-bond donors (Lipinski definition) is 3. The molecule has 0 saturated carbocycles. The first-order valence-corrected chi connectivity index (χ1v) is 9.59. The van der Waals surface area contributed by atoms with E-state index in [4.69, 9.17) is 10.8 Å². The van der Waals surface area contributed by atoms with Crippen LogP contribution in [-0.2, 0) is 5.75 Å². The highest BCUT2D eigenvalue weighted by molar-refractivity contribution is 7.98. The summed E-state index contributed by atoms with van der Waals surface area (Å²) in [6, 6.07) is 3.98. The smallest absolute Gasteiger partial charge is 0.306 e. The van der Waals surface area contributed by atoms with Crippen LogP contribution in [0.5, 0.6) is 0 Å². The summed E-state index contributed by atoms with van der Waals surface area (Å²) in [7, 11) is 0. The Morgan fingerprint density at radius 2 is 2.12 bits per heavy atom. The summed E-state index contributed by atoms with van der Waals surface area (Å²) in [5, 5.41) is 8.36. The molecule has 3 aromatic rings. The molecule has 0 aliphatic carbocycles. The van der Waals surface area contributed by atoms with Gasteiger partial charge in [0.05, 0.1) is 0 Å². The van der Waals surface area contributed by atoms with Gasteiger partial charge in [0.25, 0.3) is 0 Å². The van der Waals surface area contributed by atoms with E-state index in [0.717, 1.165) is 42.0 Å². The number of aromatic nitrogens is 3. The molecule has 0 spiro atoms. The lowest BCUT2D eigenvalue weighted by molar-refractivity contribution is 0.287. The number of unbranched alkanes of at least 4 members (excludes halogenated alkanes) is 1. The number of thioether (sulfide) groups is 1. The highest BCUT2D eigenvalue weighted by Gasteiger charge is 2.12. The molecule has 2 heterocycles. The topological polar surface area (TPSA) is 105 Å². The SMILES string of the molecule is CCCCO.Nc1nc(SCc2cccc(F)c2F)nc2[nH]c(=O)sc12. The number of nitrogens with two attached hydrogens (primary N) is 1. The molecule has 0 amide bonds. The standard InChI is InChI=1S/C12H8F2N4OS2.C4H10O/c13-6-3-1-2-5(7(6)14)4-20-11-16-9(15)8-10(17-11)18-12(19)21-8;1-2-3-4-5/h1-3H,4H2,(H3,15,16,17,18,19);5H,2-4H2,1H3. The molecule has 0 atom stereocenters. The lowest BCUT2D eigenvalue weighted by Crippen LogP contribution is -1.97. The summed E-state index contributed by atoms with van der Waals surface area (Å²) in [4.78, 5) is 21.7. The van der Waals surface area contributed by atoms with E-state index in [9.17, 15) is 13.6 Å². The number of benzene rings is 1. The number of nitrogens with one attached hydrogen (secondary N) is 1. The summed E-state index contributed by atoms with van der Waals surface area (Å²) in [5.41, 5.74) is 6.30. The number of nitrogen functional groups attached to an aromatic ring is 1. The quantitative estimate of drug-likeness (QED) is 0.448. The molecular weight excluding hydrogens is 382 g/mol. The Hall–Kier alpha value is -2.04. The van der Waals surface area contributed by atoms with E-state index in [-0.39, 0.29) is 27.2 Å². The minimum atomic E-state index is -0.897. The predicted octanol–water partition coefficient (Wildman–Crippen LogP) is 3.31. The van der Waals surface area contributed by atoms with Crippen molar-refractivity contribution >= 4 is 39.3 Å². The summed E-state index contributed by atoms with van der Waals surface area (Å²) < 4.78 is 27.1. The van der Waals surface area contributed by atoms with E-state index in [1.165, 1.54) is 12.1 Å². The number of H-pyrrole nitrogens is 1. The number of halogens is 2. The summed E-state index contributed by atoms with van der Waals surface area (Å²) >= 11 is 2.03. The van der Waals surface area contributed by atoms with Gasteiger partial charge in [-0.2, -0.15) is 0 Å². The fraction of sp³-hybridized carbons (Fsp3) is 0.312. The Morgan fingerprint density at radius 1 is 1.35 bits per heavy atom. The monoisotopic (exact) mass is 400 g/mol. The number of aromatic amines is 1. The second-order valence-corrected chi connectivity index (χ2v) is 7.09. The van der Waals surface area contributed by atoms with Crippen LogP contribution < -0.4 is 10.6 Å². The third-order valence-corrected chi connectivity index (χ3v) is 4.98. The van der Waals surface area contributed by atoms with E-state index < -0.39 is 11.6 Å². The number of anilines is 1. The van der Waals surface area contributed by atoms with Crippen molar-refractivity contribution in [2.24, 2.45) is 0 Å². The molecule has 2 aromatic heterocycles. The first-order valence-electron chi connectivity index (χ1n) is 7.79. The van der Waals surface area contributed by atoms with Crippen LogP contribution in [-0.4, -0.2) is 26.7 Å². The minimum Gasteiger partial charge on any atom is -0.396 e. The van der Waals surface area contributed by atoms with Crippen LogP contribution >= 0.6 is 23.1 Å². The Bertz CT molecular complexity index is 928. The molecule has 10 heteroatoms. The van der Waals surface area contributed by atoms with Crippen LogP contribution in [0, 0.1) is 11.6 Å². The maximum Gasteiger partial charge on any atom is 0.306 e. The van der Waals surface area contributed by atoms with E-state index in [2.05, 4.69) is 21.9 Å². The first kappa shape index (κ1) is 20.3. The predicted molar refractivity (Wildman–Crippen MR) is 100 cm³/mol. The fourth-order valence-electron chi connectivity index (χ4n) is 1.87. The number of aliphatic hydroxyl groups excluding tert-OH is 1. The number of rotatable bonds is 5. The molecule has 0 bridgehead atoms. The van der Waals surface area contributed by atoms with E-state index >= 15 is 0 Å². The van der Waals surface area contributed by atoms with Crippen LogP contribution in [0.4, 0.5) is 14.6 Å². The number of nitrogens with zero attached hydrogens (tertiary/aromatic N) is 2. The molecule has 3 rings (SSSR count). The Morgan fingerprint density at radius 3 is 2.77 bits per heavy atom. The maximum atomic E-state index is 13.5. The molecular formula is C16H18F2N4O2S2. The average molecular weight is 400 g/mol. The van der Waals surface area contributed by atoms with Crippen molar-refractivity contribution in [3.8, 4) is 0 Å². The zero-order valence-corrected chi connectivity index (χ0v) is 15.6. The van der Waals surface area contributed by atoms with Crippen LogP contribution in [0.25, 0.3) is 10.3 Å². The van der Waals surface area contributed by atoms with Gasteiger partial charge in [-0.15, -0.1) is 0 Å². The highest BCUT2D eigenvalue weighted by atomic mass is 32.2. The van der Waals surface area contributed by atoms with Crippen molar-refractivity contribution in [2.45, 2.75) is 30.7 Å². The van der Waals surface area contributed by atoms with Crippen molar-refractivity contribution < 1.29 is 13.9 Å². The molecule has 0 aliphatic rings. The largest absolute Gasteiger partial charge is 0.396 e. The van der Waals surface area contributed by atoms with E-state index in [0.29, 0.717) is 17.0 Å². The zero-order chi connectivity index (χ0) is 19.1. The van der Waals surface area contributed by atoms with Crippen molar-refractivity contribution in [1.29, 1.82) is 0 Å². The van der Waals surface area contributed by atoms with Gasteiger partial charge in [-0.1, -0.05) is 48.6 Å². The minimum absolute atomic E-state index is 0.156. The Kier molecular flexibility index (Phi) is 7.49. The first-order chi connectivity index (χ1) is 12.5. The van der Waals surface area contributed by atoms with Gasteiger partial charge in [0.1, 0.15) is 10.5 Å². The second-order valence-electron chi connectivity index (χ2n) is 5.16. The van der Waals surface area contributed by atoms with Gasteiger partial charge in [-0.3, -0.25) is 9.78 Å². The Labute approximate surface area is 156 Å². The number of thiazole rings is 1. The summed E-state index contributed by atoms with van der Waals surface area (Å²) in [6.45, 7) is 2.40. The van der Waals surface area contributed by atoms with Crippen LogP contribution in [0.2, 0.25) is 0 Å². The highest BCUT2D eigenvalue weighted by Crippen LogP contribution is 2.26. The van der Waals surface area contributed by atoms with Gasteiger partial charge in [-0.05, 0) is 12.5 Å². The van der Waals surface area contributed by atoms with Gasteiger partial charge in [0.2, 0.25) is 0 Å². The number of fused-ring (bicyclic) bond motifs is 1.